The molecule has 142 valence electrons. The van der Waals surface area contributed by atoms with Crippen molar-refractivity contribution in [1.29, 1.82) is 0 Å². The first-order chi connectivity index (χ1) is 12.9. The molecule has 1 aromatic carbocycles. The molecule has 2 atom stereocenters. The first-order valence-electron chi connectivity index (χ1n) is 8.40. The van der Waals surface area contributed by atoms with Crippen LogP contribution in [0, 0.1) is 11.6 Å². The van der Waals surface area contributed by atoms with Gasteiger partial charge in [-0.3, -0.25) is 9.59 Å². The van der Waals surface area contributed by atoms with Gasteiger partial charge in [0.25, 0.3) is 5.91 Å². The van der Waals surface area contributed by atoms with E-state index in [1.165, 1.54) is 11.8 Å². The SMILES string of the molecule is COc1ccc([C@@H]2CN(C(=O)c3ncc(F)cc3F)C[C@H]2NC(C)=O)cc1. The maximum absolute atomic E-state index is 13.9. The van der Waals surface area contributed by atoms with Crippen LogP contribution >= 0.6 is 0 Å². The molecule has 0 bridgehead atoms. The summed E-state index contributed by atoms with van der Waals surface area (Å²) in [6.07, 6.45) is 0.804. The molecule has 1 saturated heterocycles. The second-order valence-corrected chi connectivity index (χ2v) is 6.38. The molecule has 2 aromatic rings. The molecular weight excluding hydrogens is 356 g/mol. The van der Waals surface area contributed by atoms with Gasteiger partial charge in [0, 0.05) is 32.0 Å². The Morgan fingerprint density at radius 2 is 1.93 bits per heavy atom. The Balaban J connectivity index is 1.85. The fraction of sp³-hybridized carbons (Fsp3) is 0.316. The number of hydrogen-bond donors (Lipinski definition) is 1. The molecule has 6 nitrogen and oxygen atoms in total. The summed E-state index contributed by atoms with van der Waals surface area (Å²) in [5, 5.41) is 2.84. The summed E-state index contributed by atoms with van der Waals surface area (Å²) in [5.74, 6) is -2.20. The number of carbonyl (C=O) groups is 2. The van der Waals surface area contributed by atoms with Crippen LogP contribution in [0.4, 0.5) is 8.78 Å². The van der Waals surface area contributed by atoms with E-state index >= 15 is 0 Å². The van der Waals surface area contributed by atoms with Crippen molar-refractivity contribution in [3.63, 3.8) is 0 Å². The van der Waals surface area contributed by atoms with Gasteiger partial charge < -0.3 is 15.0 Å². The Morgan fingerprint density at radius 1 is 1.22 bits per heavy atom. The third-order valence-electron chi connectivity index (χ3n) is 4.55. The van der Waals surface area contributed by atoms with E-state index in [1.54, 1.807) is 19.2 Å². The summed E-state index contributed by atoms with van der Waals surface area (Å²) >= 11 is 0. The van der Waals surface area contributed by atoms with Crippen LogP contribution in [0.1, 0.15) is 28.9 Å². The standard InChI is InChI=1S/C19H19F2N3O3/c1-11(25)23-17-10-24(19(26)18-16(21)7-13(20)8-22-18)9-15(17)12-3-5-14(27-2)6-4-12/h3-8,15,17H,9-10H2,1-2H3,(H,23,25)/t15-,17+/m0/s1. The van der Waals surface area contributed by atoms with Crippen molar-refractivity contribution in [3.05, 3.63) is 59.4 Å². The zero-order chi connectivity index (χ0) is 19.6. The van der Waals surface area contributed by atoms with Gasteiger partial charge in [-0.1, -0.05) is 12.1 Å². The quantitative estimate of drug-likeness (QED) is 0.889. The highest BCUT2D eigenvalue weighted by Gasteiger charge is 2.38. The molecule has 0 spiro atoms. The lowest BCUT2D eigenvalue weighted by Crippen LogP contribution is -2.39. The Hall–Kier alpha value is -3.03. The van der Waals surface area contributed by atoms with Gasteiger partial charge in [-0.2, -0.15) is 0 Å². The highest BCUT2D eigenvalue weighted by molar-refractivity contribution is 5.93. The van der Waals surface area contributed by atoms with E-state index in [2.05, 4.69) is 10.3 Å². The second-order valence-electron chi connectivity index (χ2n) is 6.38. The number of aromatic nitrogens is 1. The van der Waals surface area contributed by atoms with Crippen molar-refractivity contribution < 1.29 is 23.1 Å². The number of hydrogen-bond acceptors (Lipinski definition) is 4. The Bertz CT molecular complexity index is 858. The molecule has 0 saturated carbocycles. The monoisotopic (exact) mass is 375 g/mol. The smallest absolute Gasteiger partial charge is 0.275 e. The van der Waals surface area contributed by atoms with Crippen molar-refractivity contribution in [3.8, 4) is 5.75 Å². The summed E-state index contributed by atoms with van der Waals surface area (Å²) in [6.45, 7) is 1.87. The summed E-state index contributed by atoms with van der Waals surface area (Å²) in [4.78, 5) is 29.2. The number of methoxy groups -OCH3 is 1. The molecule has 3 rings (SSSR count). The van der Waals surface area contributed by atoms with Gasteiger partial charge in [-0.05, 0) is 17.7 Å². The van der Waals surface area contributed by atoms with Crippen LogP contribution in [0.3, 0.4) is 0 Å². The summed E-state index contributed by atoms with van der Waals surface area (Å²) in [7, 11) is 1.56. The molecule has 27 heavy (non-hydrogen) atoms. The predicted octanol–water partition coefficient (Wildman–Crippen LogP) is 2.11. The number of ether oxygens (including phenoxy) is 1. The van der Waals surface area contributed by atoms with Gasteiger partial charge in [-0.25, -0.2) is 13.8 Å². The highest BCUT2D eigenvalue weighted by atomic mass is 19.1. The second kappa shape index (κ2) is 7.69. The van der Waals surface area contributed by atoms with Gasteiger partial charge in [-0.15, -0.1) is 0 Å². The minimum atomic E-state index is -1.01. The minimum Gasteiger partial charge on any atom is -0.497 e. The van der Waals surface area contributed by atoms with E-state index in [0.717, 1.165) is 11.8 Å². The van der Waals surface area contributed by atoms with E-state index in [9.17, 15) is 18.4 Å². The van der Waals surface area contributed by atoms with E-state index in [0.29, 0.717) is 11.8 Å². The number of nitrogens with one attached hydrogen (secondary N) is 1. The van der Waals surface area contributed by atoms with Crippen molar-refractivity contribution in [1.82, 2.24) is 15.2 Å². The third kappa shape index (κ3) is 4.05. The van der Waals surface area contributed by atoms with E-state index < -0.39 is 23.2 Å². The predicted molar refractivity (Wildman–Crippen MR) is 93.4 cm³/mol. The molecule has 1 N–H and O–H groups in total. The van der Waals surface area contributed by atoms with Crippen LogP contribution in [0.15, 0.2) is 36.5 Å². The van der Waals surface area contributed by atoms with E-state index in [1.807, 2.05) is 12.1 Å². The number of halogens is 2. The molecule has 1 aromatic heterocycles. The molecule has 1 aliphatic rings. The number of rotatable bonds is 4. The zero-order valence-corrected chi connectivity index (χ0v) is 14.9. The molecule has 8 heteroatoms. The number of carbonyl (C=O) groups excluding carboxylic acids is 2. The molecule has 0 radical (unpaired) electrons. The first kappa shape index (κ1) is 18.8. The van der Waals surface area contributed by atoms with Crippen LogP contribution < -0.4 is 10.1 Å². The van der Waals surface area contributed by atoms with Gasteiger partial charge in [0.2, 0.25) is 5.91 Å². The average Bonchev–Trinajstić information content (AvgIpc) is 3.04. The summed E-state index contributed by atoms with van der Waals surface area (Å²) in [6, 6.07) is 7.62. The Labute approximate surface area is 155 Å². The molecule has 1 fully saturated rings. The first-order valence-corrected chi connectivity index (χ1v) is 8.40. The minimum absolute atomic E-state index is 0.174. The highest BCUT2D eigenvalue weighted by Crippen LogP contribution is 2.30. The lowest BCUT2D eigenvalue weighted by atomic mass is 9.94. The fourth-order valence-corrected chi connectivity index (χ4v) is 3.29. The van der Waals surface area contributed by atoms with E-state index in [-0.39, 0.29) is 31.0 Å². The van der Waals surface area contributed by atoms with E-state index in [4.69, 9.17) is 4.74 Å². The van der Waals surface area contributed by atoms with Crippen molar-refractivity contribution in [2.45, 2.75) is 18.9 Å². The van der Waals surface area contributed by atoms with Crippen LogP contribution in [0.2, 0.25) is 0 Å². The topological polar surface area (TPSA) is 71.5 Å². The lowest BCUT2D eigenvalue weighted by Gasteiger charge is -2.19. The van der Waals surface area contributed by atoms with Crippen molar-refractivity contribution >= 4 is 11.8 Å². The summed E-state index contributed by atoms with van der Waals surface area (Å²) < 4.78 is 32.1. The maximum atomic E-state index is 13.9. The van der Waals surface area contributed by atoms with Crippen LogP contribution in [-0.2, 0) is 4.79 Å². The normalized spacial score (nSPS) is 19.0. The van der Waals surface area contributed by atoms with Gasteiger partial charge >= 0.3 is 0 Å². The molecule has 2 heterocycles. The Kier molecular flexibility index (Phi) is 5.34. The molecule has 2 amide bonds. The van der Waals surface area contributed by atoms with Crippen molar-refractivity contribution in [2.24, 2.45) is 0 Å². The number of benzene rings is 1. The number of nitrogens with zero attached hydrogens (tertiary/aromatic N) is 2. The fourth-order valence-electron chi connectivity index (χ4n) is 3.29. The Morgan fingerprint density at radius 3 is 2.52 bits per heavy atom. The molecule has 1 aliphatic heterocycles. The summed E-state index contributed by atoms with van der Waals surface area (Å²) in [5.41, 5.74) is 0.478. The third-order valence-corrected chi connectivity index (χ3v) is 4.55. The molecule has 0 aliphatic carbocycles. The van der Waals surface area contributed by atoms with Crippen LogP contribution in [0.5, 0.6) is 5.75 Å². The van der Waals surface area contributed by atoms with Gasteiger partial charge in [0.05, 0.1) is 19.3 Å². The molecule has 0 unspecified atom stereocenters. The number of pyridine rings is 1. The average molecular weight is 375 g/mol. The van der Waals surface area contributed by atoms with Crippen LogP contribution in [0.25, 0.3) is 0 Å². The van der Waals surface area contributed by atoms with Gasteiger partial charge in [0.1, 0.15) is 11.6 Å². The number of amides is 2. The van der Waals surface area contributed by atoms with Crippen LogP contribution in [-0.4, -0.2) is 47.9 Å². The largest absolute Gasteiger partial charge is 0.497 e. The molecular formula is C19H19F2N3O3. The lowest BCUT2D eigenvalue weighted by molar-refractivity contribution is -0.119. The van der Waals surface area contributed by atoms with Gasteiger partial charge in [0.15, 0.2) is 11.5 Å². The maximum Gasteiger partial charge on any atom is 0.275 e. The number of likely N-dealkylation sites (tertiary alicyclic amines) is 1. The zero-order valence-electron chi connectivity index (χ0n) is 14.9. The van der Waals surface area contributed by atoms with Crippen molar-refractivity contribution in [2.75, 3.05) is 20.2 Å².